The first kappa shape index (κ1) is 55.5. The first-order valence-electron chi connectivity index (χ1n) is 22.7. The zero-order chi connectivity index (χ0) is 42.8. The quantitative estimate of drug-likeness (QED) is 0.0214. The lowest BCUT2D eigenvalue weighted by molar-refractivity contribution is -0.870. The van der Waals surface area contributed by atoms with Crippen molar-refractivity contribution in [3.63, 3.8) is 0 Å². The summed E-state index contributed by atoms with van der Waals surface area (Å²) in [7, 11) is 1.41. The molecule has 9 nitrogen and oxygen atoms in total. The number of allylic oxidation sites excluding steroid dienone is 12. The molecule has 0 aromatic rings. The summed E-state index contributed by atoms with van der Waals surface area (Å²) in [6.07, 6.45) is 49.7. The van der Waals surface area contributed by atoms with Crippen molar-refractivity contribution in [3.05, 3.63) is 72.9 Å². The van der Waals surface area contributed by atoms with Crippen LogP contribution < -0.4 is 0 Å². The Kier molecular flexibility index (Phi) is 38.1. The van der Waals surface area contributed by atoms with E-state index in [4.69, 9.17) is 18.5 Å². The van der Waals surface area contributed by atoms with Gasteiger partial charge in [-0.25, -0.2) is 4.57 Å². The van der Waals surface area contributed by atoms with Crippen LogP contribution in [0.4, 0.5) is 0 Å². The number of likely N-dealkylation sites (N-methyl/N-ethyl adjacent to an activating group) is 1. The van der Waals surface area contributed by atoms with Crippen molar-refractivity contribution in [1.29, 1.82) is 0 Å². The van der Waals surface area contributed by atoms with E-state index in [1.165, 1.54) is 83.5 Å². The number of phosphoric acid groups is 1. The topological polar surface area (TPSA) is 108 Å². The van der Waals surface area contributed by atoms with Crippen molar-refractivity contribution in [2.75, 3.05) is 47.5 Å². The molecule has 0 aromatic heterocycles. The standard InChI is InChI=1S/C48H84NO8P/c1-6-8-10-12-14-16-18-20-22-24-26-28-30-32-34-36-38-40-47(50)54-44-46(45-56-58(52,53)55-43-42-49(3,4)5)57-48(51)41-39-37-35-33-31-29-27-25-23-21-19-17-15-13-11-9-7-2/h14,16,20,22,26-29,32-35,46H,6-13,15,17-19,21,23-25,30-31,36-45H2,1-5H3/p+1/b16-14+,22-20+,28-26+,29-27+,34-32+,35-33+/t46-/m1/s1. The maximum Gasteiger partial charge on any atom is 0.472 e. The summed E-state index contributed by atoms with van der Waals surface area (Å²) in [6.45, 7) is 4.27. The van der Waals surface area contributed by atoms with E-state index in [-0.39, 0.29) is 26.1 Å². The number of carbonyl (C=O) groups excluding carboxylic acids is 2. The fourth-order valence-electron chi connectivity index (χ4n) is 5.63. The lowest BCUT2D eigenvalue weighted by Crippen LogP contribution is -2.37. The van der Waals surface area contributed by atoms with E-state index in [1.807, 2.05) is 21.1 Å². The number of unbranched alkanes of at least 4 members (excludes halogenated alkanes) is 14. The van der Waals surface area contributed by atoms with Gasteiger partial charge < -0.3 is 18.9 Å². The third-order valence-electron chi connectivity index (χ3n) is 9.21. The molecule has 0 amide bonds. The molecule has 0 heterocycles. The number of ether oxygens (including phenoxy) is 2. The maximum absolute atomic E-state index is 12.7. The zero-order valence-electron chi connectivity index (χ0n) is 37.5. The largest absolute Gasteiger partial charge is 0.472 e. The summed E-state index contributed by atoms with van der Waals surface area (Å²) in [5, 5.41) is 0. The molecule has 0 radical (unpaired) electrons. The minimum absolute atomic E-state index is 0.0127. The van der Waals surface area contributed by atoms with Crippen LogP contribution in [0, 0.1) is 0 Å². The Morgan fingerprint density at radius 2 is 0.931 bits per heavy atom. The van der Waals surface area contributed by atoms with E-state index in [0.717, 1.165) is 44.9 Å². The average molecular weight is 835 g/mol. The summed E-state index contributed by atoms with van der Waals surface area (Å²) < 4.78 is 34.2. The number of esters is 2. The molecule has 0 aliphatic rings. The van der Waals surface area contributed by atoms with Crippen molar-refractivity contribution in [2.24, 2.45) is 0 Å². The number of quaternary nitrogens is 1. The van der Waals surface area contributed by atoms with Gasteiger partial charge in [0.15, 0.2) is 6.10 Å². The van der Waals surface area contributed by atoms with Gasteiger partial charge in [0.2, 0.25) is 0 Å². The minimum Gasteiger partial charge on any atom is -0.462 e. The molecule has 0 rings (SSSR count). The summed E-state index contributed by atoms with van der Waals surface area (Å²) in [6, 6.07) is 0. The summed E-state index contributed by atoms with van der Waals surface area (Å²) in [5.74, 6) is -0.922. The molecule has 2 atom stereocenters. The van der Waals surface area contributed by atoms with E-state index < -0.39 is 32.5 Å². The lowest BCUT2D eigenvalue weighted by Gasteiger charge is -2.24. The molecule has 0 saturated carbocycles. The van der Waals surface area contributed by atoms with Crippen LogP contribution in [0.3, 0.4) is 0 Å². The smallest absolute Gasteiger partial charge is 0.462 e. The second kappa shape index (κ2) is 39.9. The van der Waals surface area contributed by atoms with E-state index in [0.29, 0.717) is 23.9 Å². The molecule has 58 heavy (non-hydrogen) atoms. The second-order valence-corrected chi connectivity index (χ2v) is 17.5. The number of carbonyl (C=O) groups is 2. The number of rotatable bonds is 40. The maximum atomic E-state index is 12.7. The number of nitrogens with zero attached hydrogens (tertiary/aromatic N) is 1. The highest BCUT2D eigenvalue weighted by atomic mass is 31.2. The van der Waals surface area contributed by atoms with Gasteiger partial charge in [-0.3, -0.25) is 18.6 Å². The van der Waals surface area contributed by atoms with Crippen LogP contribution in [0.1, 0.15) is 168 Å². The van der Waals surface area contributed by atoms with Gasteiger partial charge in [-0.2, -0.15) is 0 Å². The Hall–Kier alpha value is -2.55. The Bertz CT molecular complexity index is 1220. The molecule has 0 spiro atoms. The highest BCUT2D eigenvalue weighted by molar-refractivity contribution is 7.47. The molecule has 1 N–H and O–H groups in total. The van der Waals surface area contributed by atoms with Crippen molar-refractivity contribution < 1.29 is 42.1 Å². The van der Waals surface area contributed by atoms with Crippen LogP contribution in [-0.4, -0.2) is 74.9 Å². The van der Waals surface area contributed by atoms with Crippen molar-refractivity contribution in [2.45, 2.75) is 174 Å². The molecule has 0 aliphatic carbocycles. The van der Waals surface area contributed by atoms with Crippen LogP contribution in [0.2, 0.25) is 0 Å². The van der Waals surface area contributed by atoms with Crippen LogP contribution in [0.25, 0.3) is 0 Å². The van der Waals surface area contributed by atoms with Gasteiger partial charge >= 0.3 is 19.8 Å². The summed E-state index contributed by atoms with van der Waals surface area (Å²) >= 11 is 0. The van der Waals surface area contributed by atoms with E-state index in [9.17, 15) is 19.0 Å². The fraction of sp³-hybridized carbons (Fsp3) is 0.708. The zero-order valence-corrected chi connectivity index (χ0v) is 38.4. The van der Waals surface area contributed by atoms with Crippen molar-refractivity contribution in [3.8, 4) is 0 Å². The van der Waals surface area contributed by atoms with Crippen molar-refractivity contribution in [1.82, 2.24) is 0 Å². The number of phosphoric ester groups is 1. The van der Waals surface area contributed by atoms with Gasteiger partial charge in [0.05, 0.1) is 27.7 Å². The fourth-order valence-corrected chi connectivity index (χ4v) is 6.37. The normalized spacial score (nSPS) is 14.2. The van der Waals surface area contributed by atoms with Gasteiger partial charge in [0, 0.05) is 12.8 Å². The Labute approximate surface area is 355 Å². The Morgan fingerprint density at radius 1 is 0.534 bits per heavy atom. The van der Waals surface area contributed by atoms with Crippen LogP contribution in [-0.2, 0) is 32.7 Å². The third-order valence-corrected chi connectivity index (χ3v) is 10.2. The van der Waals surface area contributed by atoms with E-state index in [1.54, 1.807) is 0 Å². The highest BCUT2D eigenvalue weighted by Crippen LogP contribution is 2.43. The summed E-state index contributed by atoms with van der Waals surface area (Å²) in [4.78, 5) is 35.3. The Morgan fingerprint density at radius 3 is 1.41 bits per heavy atom. The molecule has 1 unspecified atom stereocenters. The van der Waals surface area contributed by atoms with Crippen molar-refractivity contribution >= 4 is 19.8 Å². The molecule has 0 fully saturated rings. The van der Waals surface area contributed by atoms with Crippen LogP contribution in [0.15, 0.2) is 72.9 Å². The van der Waals surface area contributed by atoms with Crippen LogP contribution >= 0.6 is 7.82 Å². The van der Waals surface area contributed by atoms with Gasteiger partial charge in [-0.15, -0.1) is 0 Å². The minimum atomic E-state index is -4.40. The first-order chi connectivity index (χ1) is 28.0. The monoisotopic (exact) mass is 835 g/mol. The van der Waals surface area contributed by atoms with Gasteiger partial charge in [-0.05, 0) is 77.0 Å². The van der Waals surface area contributed by atoms with Gasteiger partial charge in [-0.1, -0.05) is 151 Å². The first-order valence-corrected chi connectivity index (χ1v) is 24.2. The number of hydrogen-bond acceptors (Lipinski definition) is 7. The molecular formula is C48H85NO8P+. The third kappa shape index (κ3) is 43.0. The Balaban J connectivity index is 4.51. The van der Waals surface area contributed by atoms with Gasteiger partial charge in [0.1, 0.15) is 19.8 Å². The molecule has 0 aromatic carbocycles. The van der Waals surface area contributed by atoms with E-state index in [2.05, 4.69) is 86.8 Å². The predicted molar refractivity (Wildman–Crippen MR) is 242 cm³/mol. The molecule has 334 valence electrons. The lowest BCUT2D eigenvalue weighted by atomic mass is 10.1. The molecular weight excluding hydrogens is 750 g/mol. The SMILES string of the molecule is CCCCC/C=C/C/C=C/C/C=C/C/C=C/CCCC(=O)OC[C@H](COP(=O)(O)OCC[N+](C)(C)C)OC(=O)CCC/C=C/C/C=C/CCCCCCCCCCC. The summed E-state index contributed by atoms with van der Waals surface area (Å²) in [5.41, 5.74) is 0. The molecule has 0 aliphatic heterocycles. The molecule has 10 heteroatoms. The average Bonchev–Trinajstić information content (AvgIpc) is 3.17. The van der Waals surface area contributed by atoms with Gasteiger partial charge in [0.25, 0.3) is 0 Å². The predicted octanol–water partition coefficient (Wildman–Crippen LogP) is 13.0. The molecule has 0 bridgehead atoms. The second-order valence-electron chi connectivity index (χ2n) is 16.1. The highest BCUT2D eigenvalue weighted by Gasteiger charge is 2.27. The van der Waals surface area contributed by atoms with Crippen LogP contribution in [0.5, 0.6) is 0 Å². The molecule has 0 saturated heterocycles. The number of hydrogen-bond donors (Lipinski definition) is 1. The van der Waals surface area contributed by atoms with E-state index >= 15 is 0 Å².